The highest BCUT2D eigenvalue weighted by molar-refractivity contribution is 9.10. The van der Waals surface area contributed by atoms with Crippen LogP contribution in [0.25, 0.3) is 0 Å². The third-order valence-corrected chi connectivity index (χ3v) is 2.82. The Labute approximate surface area is 103 Å². The second-order valence-corrected chi connectivity index (χ2v) is 4.24. The number of hydrogen-bond acceptors (Lipinski definition) is 3. The molecule has 90 valence electrons. The molecule has 16 heavy (non-hydrogen) atoms. The van der Waals surface area contributed by atoms with E-state index < -0.39 is 0 Å². The number of carbonyl (C=O) groups excluding carboxylic acids is 1. The van der Waals surface area contributed by atoms with Gasteiger partial charge in [-0.25, -0.2) is 0 Å². The van der Waals surface area contributed by atoms with Crippen LogP contribution >= 0.6 is 15.9 Å². The van der Waals surface area contributed by atoms with Crippen LogP contribution in [0.4, 0.5) is 0 Å². The summed E-state index contributed by atoms with van der Waals surface area (Å²) in [5.74, 6) is -0.142. The van der Waals surface area contributed by atoms with Crippen LogP contribution in [0.15, 0.2) is 21.4 Å². The molecule has 0 bridgehead atoms. The summed E-state index contributed by atoms with van der Waals surface area (Å²) in [6.45, 7) is 2.59. The SMILES string of the molecule is CCCC(COC)NC(=O)c1ccoc1Br. The fourth-order valence-electron chi connectivity index (χ4n) is 1.47. The van der Waals surface area contributed by atoms with Crippen LogP contribution < -0.4 is 5.32 Å². The van der Waals surface area contributed by atoms with Crippen LogP contribution in [-0.2, 0) is 4.74 Å². The number of amides is 1. The summed E-state index contributed by atoms with van der Waals surface area (Å²) in [4.78, 5) is 11.8. The molecule has 0 aliphatic carbocycles. The molecule has 0 saturated carbocycles. The van der Waals surface area contributed by atoms with Crippen molar-refractivity contribution in [1.29, 1.82) is 0 Å². The lowest BCUT2D eigenvalue weighted by atomic mass is 10.1. The van der Waals surface area contributed by atoms with Gasteiger partial charge in [-0.3, -0.25) is 4.79 Å². The van der Waals surface area contributed by atoms with Crippen LogP contribution in [0.3, 0.4) is 0 Å². The van der Waals surface area contributed by atoms with Gasteiger partial charge in [0, 0.05) is 7.11 Å². The standard InChI is InChI=1S/C11H16BrNO3/c1-3-4-8(7-15-2)13-11(14)9-5-6-16-10(9)12/h5-6,8H,3-4,7H2,1-2H3,(H,13,14). The zero-order valence-corrected chi connectivity index (χ0v) is 11.0. The molecule has 0 aliphatic rings. The molecule has 1 heterocycles. The van der Waals surface area contributed by atoms with E-state index in [0.29, 0.717) is 16.8 Å². The highest BCUT2D eigenvalue weighted by Crippen LogP contribution is 2.17. The van der Waals surface area contributed by atoms with Crippen molar-refractivity contribution in [3.63, 3.8) is 0 Å². The number of methoxy groups -OCH3 is 1. The largest absolute Gasteiger partial charge is 0.457 e. The van der Waals surface area contributed by atoms with E-state index in [1.807, 2.05) is 0 Å². The molecular formula is C11H16BrNO3. The van der Waals surface area contributed by atoms with Gasteiger partial charge in [0.15, 0.2) is 4.67 Å². The molecule has 0 fully saturated rings. The average Bonchev–Trinajstić information content (AvgIpc) is 2.65. The monoisotopic (exact) mass is 289 g/mol. The third kappa shape index (κ3) is 3.64. The van der Waals surface area contributed by atoms with Gasteiger partial charge >= 0.3 is 0 Å². The van der Waals surface area contributed by atoms with E-state index in [2.05, 4.69) is 28.2 Å². The van der Waals surface area contributed by atoms with Crippen LogP contribution in [0.1, 0.15) is 30.1 Å². The smallest absolute Gasteiger partial charge is 0.256 e. The molecule has 0 aromatic carbocycles. The van der Waals surface area contributed by atoms with Gasteiger partial charge in [0.2, 0.25) is 0 Å². The van der Waals surface area contributed by atoms with E-state index in [9.17, 15) is 4.79 Å². The van der Waals surface area contributed by atoms with Gasteiger partial charge in [-0.2, -0.15) is 0 Å². The van der Waals surface area contributed by atoms with Crippen molar-refractivity contribution in [1.82, 2.24) is 5.32 Å². The van der Waals surface area contributed by atoms with E-state index >= 15 is 0 Å². The minimum atomic E-state index is -0.142. The van der Waals surface area contributed by atoms with Gasteiger partial charge in [-0.1, -0.05) is 13.3 Å². The van der Waals surface area contributed by atoms with Gasteiger partial charge < -0.3 is 14.5 Å². The first-order chi connectivity index (χ1) is 7.69. The van der Waals surface area contributed by atoms with Gasteiger partial charge in [0.1, 0.15) is 0 Å². The van der Waals surface area contributed by atoms with Crippen molar-refractivity contribution in [3.05, 3.63) is 22.6 Å². The Morgan fingerprint density at radius 1 is 1.69 bits per heavy atom. The summed E-state index contributed by atoms with van der Waals surface area (Å²) in [5, 5.41) is 2.91. The van der Waals surface area contributed by atoms with Gasteiger partial charge in [0.05, 0.1) is 24.5 Å². The minimum Gasteiger partial charge on any atom is -0.457 e. The molecule has 0 radical (unpaired) electrons. The Morgan fingerprint density at radius 2 is 2.44 bits per heavy atom. The Morgan fingerprint density at radius 3 is 2.94 bits per heavy atom. The Kier molecular flexibility index (Phi) is 5.55. The predicted octanol–water partition coefficient (Wildman–Crippen LogP) is 2.59. The molecule has 1 unspecified atom stereocenters. The zero-order chi connectivity index (χ0) is 12.0. The predicted molar refractivity (Wildman–Crippen MR) is 64.4 cm³/mol. The number of hydrogen-bond donors (Lipinski definition) is 1. The first kappa shape index (κ1) is 13.3. The van der Waals surface area contributed by atoms with E-state index in [1.165, 1.54) is 6.26 Å². The van der Waals surface area contributed by atoms with Crippen molar-refractivity contribution in [2.24, 2.45) is 0 Å². The molecule has 0 aliphatic heterocycles. The summed E-state index contributed by atoms with van der Waals surface area (Å²) in [5.41, 5.74) is 0.511. The van der Waals surface area contributed by atoms with Crippen LogP contribution in [0.5, 0.6) is 0 Å². The molecule has 1 aromatic rings. The van der Waals surface area contributed by atoms with Crippen molar-refractivity contribution in [3.8, 4) is 0 Å². The van der Waals surface area contributed by atoms with Gasteiger partial charge in [-0.05, 0) is 28.4 Å². The molecule has 1 N–H and O–H groups in total. The van der Waals surface area contributed by atoms with E-state index in [0.717, 1.165) is 12.8 Å². The van der Waals surface area contributed by atoms with Gasteiger partial charge in [0.25, 0.3) is 5.91 Å². The fourth-order valence-corrected chi connectivity index (χ4v) is 1.89. The molecule has 1 amide bonds. The zero-order valence-electron chi connectivity index (χ0n) is 9.46. The number of rotatable bonds is 6. The maximum Gasteiger partial charge on any atom is 0.256 e. The lowest BCUT2D eigenvalue weighted by Crippen LogP contribution is -2.37. The average molecular weight is 290 g/mol. The molecule has 1 atom stereocenters. The molecule has 4 nitrogen and oxygen atoms in total. The third-order valence-electron chi connectivity index (χ3n) is 2.20. The molecule has 0 spiro atoms. The van der Waals surface area contributed by atoms with Crippen LogP contribution in [-0.4, -0.2) is 25.7 Å². The molecule has 5 heteroatoms. The number of ether oxygens (including phenoxy) is 1. The Bertz CT molecular complexity index is 332. The number of furan rings is 1. The quantitative estimate of drug-likeness (QED) is 0.876. The maximum atomic E-state index is 11.8. The first-order valence-electron chi connectivity index (χ1n) is 5.21. The molecule has 1 rings (SSSR count). The summed E-state index contributed by atoms with van der Waals surface area (Å²) < 4.78 is 10.5. The van der Waals surface area contributed by atoms with E-state index in [-0.39, 0.29) is 11.9 Å². The highest BCUT2D eigenvalue weighted by atomic mass is 79.9. The first-order valence-corrected chi connectivity index (χ1v) is 6.01. The summed E-state index contributed by atoms with van der Waals surface area (Å²) in [7, 11) is 1.63. The van der Waals surface area contributed by atoms with Crippen molar-refractivity contribution < 1.29 is 13.9 Å². The topological polar surface area (TPSA) is 51.5 Å². The number of carbonyl (C=O) groups is 1. The van der Waals surface area contributed by atoms with E-state index in [1.54, 1.807) is 13.2 Å². The summed E-state index contributed by atoms with van der Waals surface area (Å²) >= 11 is 3.18. The Balaban J connectivity index is 2.58. The van der Waals surface area contributed by atoms with Crippen molar-refractivity contribution in [2.45, 2.75) is 25.8 Å². The highest BCUT2D eigenvalue weighted by Gasteiger charge is 2.16. The lowest BCUT2D eigenvalue weighted by Gasteiger charge is -2.16. The molecule has 0 saturated heterocycles. The maximum absolute atomic E-state index is 11.8. The van der Waals surface area contributed by atoms with Crippen LogP contribution in [0.2, 0.25) is 0 Å². The summed E-state index contributed by atoms with van der Waals surface area (Å²) in [6, 6.07) is 1.68. The normalized spacial score (nSPS) is 12.4. The summed E-state index contributed by atoms with van der Waals surface area (Å²) in [6.07, 6.45) is 3.38. The van der Waals surface area contributed by atoms with Crippen molar-refractivity contribution in [2.75, 3.05) is 13.7 Å². The van der Waals surface area contributed by atoms with E-state index in [4.69, 9.17) is 9.15 Å². The number of nitrogens with one attached hydrogen (secondary N) is 1. The molecule has 1 aromatic heterocycles. The Hall–Kier alpha value is -0.810. The number of halogens is 1. The van der Waals surface area contributed by atoms with Gasteiger partial charge in [-0.15, -0.1) is 0 Å². The minimum absolute atomic E-state index is 0.0456. The molecular weight excluding hydrogens is 274 g/mol. The fraction of sp³-hybridized carbons (Fsp3) is 0.545. The lowest BCUT2D eigenvalue weighted by molar-refractivity contribution is 0.0890. The van der Waals surface area contributed by atoms with Crippen molar-refractivity contribution >= 4 is 21.8 Å². The second kappa shape index (κ2) is 6.70. The van der Waals surface area contributed by atoms with Crippen LogP contribution in [0, 0.1) is 0 Å². The second-order valence-electron chi connectivity index (χ2n) is 3.52.